The molecule has 1 fully saturated rings. The monoisotopic (exact) mass is 220 g/mol. The van der Waals surface area contributed by atoms with E-state index in [2.05, 4.69) is 37.4 Å². The number of rotatable bonds is 3. The van der Waals surface area contributed by atoms with Gasteiger partial charge in [-0.3, -0.25) is 0 Å². The number of piperidine rings is 1. The van der Waals surface area contributed by atoms with E-state index < -0.39 is 0 Å². The minimum Gasteiger partial charge on any atom is -0.396 e. The van der Waals surface area contributed by atoms with Gasteiger partial charge in [-0.25, -0.2) is 0 Å². The summed E-state index contributed by atoms with van der Waals surface area (Å²) in [5, 5.41) is 9.28. The van der Waals surface area contributed by atoms with Gasteiger partial charge in [-0.2, -0.15) is 0 Å². The fourth-order valence-corrected chi connectivity index (χ4v) is 2.88. The third-order valence-electron chi connectivity index (χ3n) is 3.67. The van der Waals surface area contributed by atoms with Gasteiger partial charge in [0.1, 0.15) is 6.54 Å². The zero-order valence-corrected chi connectivity index (χ0v) is 10.1. The number of likely N-dealkylation sites (tertiary alicyclic amines) is 1. The summed E-state index contributed by atoms with van der Waals surface area (Å²) in [6, 6.07) is 10.7. The van der Waals surface area contributed by atoms with E-state index >= 15 is 0 Å². The zero-order valence-electron chi connectivity index (χ0n) is 10.1. The Hall–Kier alpha value is -0.860. The largest absolute Gasteiger partial charge is 0.396 e. The molecular formula is C14H22NO+. The number of quaternary nitrogens is 1. The van der Waals surface area contributed by atoms with Crippen molar-refractivity contribution in [3.05, 3.63) is 35.9 Å². The number of aliphatic hydroxyl groups excluding tert-OH is 1. The van der Waals surface area contributed by atoms with Crippen molar-refractivity contribution in [1.82, 2.24) is 0 Å². The number of benzene rings is 1. The first-order valence-electron chi connectivity index (χ1n) is 6.20. The Morgan fingerprint density at radius 2 is 2.06 bits per heavy atom. The Morgan fingerprint density at radius 1 is 1.31 bits per heavy atom. The van der Waals surface area contributed by atoms with Crippen molar-refractivity contribution in [2.75, 3.05) is 26.7 Å². The summed E-state index contributed by atoms with van der Waals surface area (Å²) >= 11 is 0. The molecule has 2 unspecified atom stereocenters. The molecule has 1 aliphatic rings. The normalized spacial score (nSPS) is 30.2. The first-order chi connectivity index (χ1) is 7.72. The van der Waals surface area contributed by atoms with Crippen molar-refractivity contribution in [3.63, 3.8) is 0 Å². The second kappa shape index (κ2) is 4.98. The molecule has 0 radical (unpaired) electrons. The quantitative estimate of drug-likeness (QED) is 0.773. The summed E-state index contributed by atoms with van der Waals surface area (Å²) in [7, 11) is 2.31. The standard InChI is InChI=1S/C14H22NO/c1-15(9-5-8-14(11-15)12-16)10-13-6-3-2-4-7-13/h2-4,6-7,14,16H,5,8-12H2,1H3/q+1. The lowest BCUT2D eigenvalue weighted by Crippen LogP contribution is -2.50. The van der Waals surface area contributed by atoms with E-state index in [1.165, 1.54) is 24.9 Å². The van der Waals surface area contributed by atoms with Crippen LogP contribution in [0.2, 0.25) is 0 Å². The van der Waals surface area contributed by atoms with Crippen molar-refractivity contribution in [3.8, 4) is 0 Å². The molecule has 16 heavy (non-hydrogen) atoms. The number of nitrogens with zero attached hydrogens (tertiary/aromatic N) is 1. The maximum Gasteiger partial charge on any atom is 0.104 e. The molecule has 88 valence electrons. The van der Waals surface area contributed by atoms with Gasteiger partial charge in [0.25, 0.3) is 0 Å². The van der Waals surface area contributed by atoms with E-state index in [4.69, 9.17) is 0 Å². The Morgan fingerprint density at radius 3 is 2.75 bits per heavy atom. The van der Waals surface area contributed by atoms with Crippen molar-refractivity contribution >= 4 is 0 Å². The Labute approximate surface area is 98.1 Å². The maximum absolute atomic E-state index is 9.28. The van der Waals surface area contributed by atoms with Crippen LogP contribution in [0.25, 0.3) is 0 Å². The van der Waals surface area contributed by atoms with Gasteiger partial charge in [0, 0.05) is 11.5 Å². The van der Waals surface area contributed by atoms with Crippen LogP contribution in [-0.2, 0) is 6.54 Å². The predicted molar refractivity (Wildman–Crippen MR) is 65.9 cm³/mol. The molecule has 1 N–H and O–H groups in total. The number of aliphatic hydroxyl groups is 1. The SMILES string of the molecule is C[N+]1(Cc2ccccc2)CCCC(CO)C1. The molecule has 2 rings (SSSR count). The summed E-state index contributed by atoms with van der Waals surface area (Å²) in [6.45, 7) is 3.80. The molecule has 2 nitrogen and oxygen atoms in total. The first-order valence-corrected chi connectivity index (χ1v) is 6.20. The van der Waals surface area contributed by atoms with E-state index in [0.717, 1.165) is 17.6 Å². The summed E-state index contributed by atoms with van der Waals surface area (Å²) in [5.74, 6) is 0.502. The van der Waals surface area contributed by atoms with Crippen molar-refractivity contribution < 1.29 is 9.59 Å². The summed E-state index contributed by atoms with van der Waals surface area (Å²) < 4.78 is 1.08. The van der Waals surface area contributed by atoms with Crippen molar-refractivity contribution in [2.45, 2.75) is 19.4 Å². The van der Waals surface area contributed by atoms with Crippen LogP contribution in [0.1, 0.15) is 18.4 Å². The Kier molecular flexibility index (Phi) is 3.62. The highest BCUT2D eigenvalue weighted by Gasteiger charge is 2.30. The van der Waals surface area contributed by atoms with Gasteiger partial charge in [-0.15, -0.1) is 0 Å². The van der Waals surface area contributed by atoms with E-state index in [-0.39, 0.29) is 0 Å². The highest BCUT2D eigenvalue weighted by atomic mass is 16.3. The molecule has 1 aromatic rings. The van der Waals surface area contributed by atoms with Gasteiger partial charge in [0.05, 0.1) is 26.7 Å². The van der Waals surface area contributed by atoms with Gasteiger partial charge >= 0.3 is 0 Å². The molecule has 1 saturated heterocycles. The average Bonchev–Trinajstić information content (AvgIpc) is 2.29. The fourth-order valence-electron chi connectivity index (χ4n) is 2.88. The van der Waals surface area contributed by atoms with Crippen molar-refractivity contribution in [1.29, 1.82) is 0 Å². The molecule has 2 atom stereocenters. The van der Waals surface area contributed by atoms with E-state index in [1.54, 1.807) is 0 Å². The van der Waals surface area contributed by atoms with Crippen LogP contribution in [0.5, 0.6) is 0 Å². The number of hydrogen-bond acceptors (Lipinski definition) is 1. The third kappa shape index (κ3) is 2.83. The summed E-state index contributed by atoms with van der Waals surface area (Å²) in [4.78, 5) is 0. The maximum atomic E-state index is 9.28. The Balaban J connectivity index is 2.02. The van der Waals surface area contributed by atoms with Crippen LogP contribution in [0, 0.1) is 5.92 Å². The second-order valence-electron chi connectivity index (χ2n) is 5.36. The summed E-state index contributed by atoms with van der Waals surface area (Å²) in [6.07, 6.45) is 2.44. The predicted octanol–water partition coefficient (Wildman–Crippen LogP) is 2.04. The van der Waals surface area contributed by atoms with Gasteiger partial charge in [0.2, 0.25) is 0 Å². The summed E-state index contributed by atoms with van der Waals surface area (Å²) in [5.41, 5.74) is 1.41. The molecule has 1 aliphatic heterocycles. The van der Waals surface area contributed by atoms with Crippen LogP contribution in [0.3, 0.4) is 0 Å². The zero-order chi connectivity index (χ0) is 11.4. The minimum atomic E-state index is 0.350. The van der Waals surface area contributed by atoms with E-state index in [9.17, 15) is 5.11 Å². The molecule has 0 aromatic heterocycles. The lowest BCUT2D eigenvalue weighted by molar-refractivity contribution is -0.930. The molecule has 2 heteroatoms. The van der Waals surface area contributed by atoms with Gasteiger partial charge in [-0.1, -0.05) is 30.3 Å². The van der Waals surface area contributed by atoms with Crippen LogP contribution in [0.15, 0.2) is 30.3 Å². The van der Waals surface area contributed by atoms with Crippen molar-refractivity contribution in [2.24, 2.45) is 5.92 Å². The molecule has 1 heterocycles. The van der Waals surface area contributed by atoms with Gasteiger partial charge in [-0.05, 0) is 12.8 Å². The van der Waals surface area contributed by atoms with E-state index in [1.807, 2.05) is 0 Å². The molecule has 0 bridgehead atoms. The molecule has 0 aliphatic carbocycles. The average molecular weight is 220 g/mol. The first kappa shape index (κ1) is 11.6. The van der Waals surface area contributed by atoms with E-state index in [0.29, 0.717) is 12.5 Å². The smallest absolute Gasteiger partial charge is 0.104 e. The molecule has 0 saturated carbocycles. The van der Waals surface area contributed by atoms with Gasteiger partial charge < -0.3 is 9.59 Å². The fraction of sp³-hybridized carbons (Fsp3) is 0.571. The topological polar surface area (TPSA) is 20.2 Å². The van der Waals surface area contributed by atoms with Gasteiger partial charge in [0.15, 0.2) is 0 Å². The highest BCUT2D eigenvalue weighted by Crippen LogP contribution is 2.24. The van der Waals surface area contributed by atoms with Crippen LogP contribution < -0.4 is 0 Å². The lowest BCUT2D eigenvalue weighted by atomic mass is 9.96. The van der Waals surface area contributed by atoms with Crippen LogP contribution >= 0.6 is 0 Å². The minimum absolute atomic E-state index is 0.350. The second-order valence-corrected chi connectivity index (χ2v) is 5.36. The molecule has 1 aromatic carbocycles. The molecular weight excluding hydrogens is 198 g/mol. The highest BCUT2D eigenvalue weighted by molar-refractivity contribution is 5.13. The lowest BCUT2D eigenvalue weighted by Gasteiger charge is -2.41. The molecule has 0 amide bonds. The van der Waals surface area contributed by atoms with Crippen LogP contribution in [-0.4, -0.2) is 36.3 Å². The Bertz CT molecular complexity index is 325. The molecule has 0 spiro atoms. The number of hydrogen-bond donors (Lipinski definition) is 1. The third-order valence-corrected chi connectivity index (χ3v) is 3.67. The van der Waals surface area contributed by atoms with Crippen LogP contribution in [0.4, 0.5) is 0 Å².